The van der Waals surface area contributed by atoms with E-state index in [1.165, 1.54) is 17.2 Å². The zero-order chi connectivity index (χ0) is 13.1. The fourth-order valence-corrected chi connectivity index (χ4v) is 1.85. The average molecular weight is 244 g/mol. The fourth-order valence-electron chi connectivity index (χ4n) is 1.85. The van der Waals surface area contributed by atoms with Crippen LogP contribution in [0.2, 0.25) is 0 Å². The quantitative estimate of drug-likeness (QED) is 0.809. The first-order chi connectivity index (χ1) is 8.58. The number of benzene rings is 2. The minimum atomic E-state index is -0.269. The summed E-state index contributed by atoms with van der Waals surface area (Å²) in [4.78, 5) is 0. The Morgan fingerprint density at radius 1 is 1.11 bits per heavy atom. The highest BCUT2D eigenvalue weighted by molar-refractivity contribution is 5.67. The Morgan fingerprint density at radius 2 is 1.83 bits per heavy atom. The number of anilines is 2. The molecular formula is C15H17FN2. The molecule has 2 aromatic carbocycles. The first-order valence-corrected chi connectivity index (χ1v) is 5.92. The van der Waals surface area contributed by atoms with E-state index >= 15 is 0 Å². The van der Waals surface area contributed by atoms with E-state index in [2.05, 4.69) is 24.4 Å². The van der Waals surface area contributed by atoms with Crippen molar-refractivity contribution in [2.24, 2.45) is 0 Å². The van der Waals surface area contributed by atoms with Gasteiger partial charge in [-0.1, -0.05) is 24.3 Å². The number of hydrogen-bond donors (Lipinski definition) is 2. The van der Waals surface area contributed by atoms with E-state index in [0.29, 0.717) is 17.8 Å². The van der Waals surface area contributed by atoms with Gasteiger partial charge in [0.1, 0.15) is 5.82 Å². The van der Waals surface area contributed by atoms with Crippen molar-refractivity contribution in [2.45, 2.75) is 20.4 Å². The molecule has 3 heteroatoms. The first-order valence-electron chi connectivity index (χ1n) is 5.92. The maximum atomic E-state index is 13.3. The van der Waals surface area contributed by atoms with E-state index in [1.807, 2.05) is 12.1 Å². The van der Waals surface area contributed by atoms with Gasteiger partial charge in [-0.15, -0.1) is 0 Å². The van der Waals surface area contributed by atoms with Crippen LogP contribution in [0.3, 0.4) is 0 Å². The lowest BCUT2D eigenvalue weighted by atomic mass is 10.1. The van der Waals surface area contributed by atoms with Crippen molar-refractivity contribution in [1.82, 2.24) is 0 Å². The summed E-state index contributed by atoms with van der Waals surface area (Å²) in [5.74, 6) is -0.269. The highest BCUT2D eigenvalue weighted by Crippen LogP contribution is 2.23. The molecule has 2 aromatic rings. The molecule has 2 rings (SSSR count). The minimum absolute atomic E-state index is 0.269. The molecule has 2 nitrogen and oxygen atoms in total. The van der Waals surface area contributed by atoms with Crippen LogP contribution in [0.5, 0.6) is 0 Å². The zero-order valence-electron chi connectivity index (χ0n) is 10.6. The summed E-state index contributed by atoms with van der Waals surface area (Å²) in [5, 5.41) is 3.25. The van der Waals surface area contributed by atoms with E-state index in [1.54, 1.807) is 13.0 Å². The maximum absolute atomic E-state index is 13.3. The second-order valence-electron chi connectivity index (χ2n) is 4.47. The molecule has 0 heterocycles. The van der Waals surface area contributed by atoms with Gasteiger partial charge in [0.15, 0.2) is 0 Å². The van der Waals surface area contributed by atoms with E-state index in [-0.39, 0.29) is 5.82 Å². The Kier molecular flexibility index (Phi) is 3.51. The van der Waals surface area contributed by atoms with Gasteiger partial charge in [0, 0.05) is 6.54 Å². The van der Waals surface area contributed by atoms with Crippen LogP contribution in [-0.2, 0) is 6.54 Å². The topological polar surface area (TPSA) is 38.0 Å². The molecule has 0 atom stereocenters. The molecule has 0 amide bonds. The highest BCUT2D eigenvalue weighted by Gasteiger charge is 2.05. The van der Waals surface area contributed by atoms with E-state index < -0.39 is 0 Å². The maximum Gasteiger partial charge on any atom is 0.128 e. The van der Waals surface area contributed by atoms with Crippen LogP contribution in [0.4, 0.5) is 15.8 Å². The molecule has 0 fully saturated rings. The van der Waals surface area contributed by atoms with Gasteiger partial charge >= 0.3 is 0 Å². The summed E-state index contributed by atoms with van der Waals surface area (Å²) < 4.78 is 13.3. The predicted octanol–water partition coefficient (Wildman–Crippen LogP) is 3.64. The molecule has 3 N–H and O–H groups in total. The largest absolute Gasteiger partial charge is 0.397 e. The van der Waals surface area contributed by atoms with Crippen LogP contribution in [0.1, 0.15) is 16.7 Å². The summed E-state index contributed by atoms with van der Waals surface area (Å²) in [7, 11) is 0. The third-order valence-corrected chi connectivity index (χ3v) is 3.06. The summed E-state index contributed by atoms with van der Waals surface area (Å²) in [6.45, 7) is 4.48. The number of nitrogens with one attached hydrogen (secondary N) is 1. The van der Waals surface area contributed by atoms with Crippen LogP contribution in [0.25, 0.3) is 0 Å². The number of aryl methyl sites for hydroxylation is 2. The van der Waals surface area contributed by atoms with Gasteiger partial charge in [-0.2, -0.15) is 0 Å². The standard InChI is InChI=1S/C15H17FN2/c1-10-5-3-4-6-12(10)9-18-15-7-11(2)13(16)8-14(15)17/h3-8,18H,9,17H2,1-2H3. The van der Waals surface area contributed by atoms with Crippen molar-refractivity contribution < 1.29 is 4.39 Å². The van der Waals surface area contributed by atoms with Gasteiger partial charge in [0.25, 0.3) is 0 Å². The Hall–Kier alpha value is -2.03. The SMILES string of the molecule is Cc1cc(NCc2ccccc2C)c(N)cc1F. The third-order valence-electron chi connectivity index (χ3n) is 3.06. The summed E-state index contributed by atoms with van der Waals surface area (Å²) >= 11 is 0. The Labute approximate surface area is 107 Å². The zero-order valence-corrected chi connectivity index (χ0v) is 10.6. The number of nitrogens with two attached hydrogens (primary N) is 1. The lowest BCUT2D eigenvalue weighted by Crippen LogP contribution is -2.04. The second-order valence-corrected chi connectivity index (χ2v) is 4.47. The van der Waals surface area contributed by atoms with Gasteiger partial charge < -0.3 is 11.1 Å². The molecule has 0 spiro atoms. The van der Waals surface area contributed by atoms with Gasteiger partial charge in [-0.3, -0.25) is 0 Å². The predicted molar refractivity (Wildman–Crippen MR) is 74.1 cm³/mol. The summed E-state index contributed by atoms with van der Waals surface area (Å²) in [6.07, 6.45) is 0. The number of rotatable bonds is 3. The van der Waals surface area contributed by atoms with Crippen molar-refractivity contribution in [3.63, 3.8) is 0 Å². The molecular weight excluding hydrogens is 227 g/mol. The molecule has 94 valence electrons. The van der Waals surface area contributed by atoms with E-state index in [0.717, 1.165) is 5.69 Å². The Bertz CT molecular complexity index is 564. The molecule has 0 radical (unpaired) electrons. The molecule has 0 saturated carbocycles. The number of nitrogen functional groups attached to an aromatic ring is 1. The van der Waals surface area contributed by atoms with Crippen LogP contribution in [-0.4, -0.2) is 0 Å². The lowest BCUT2D eigenvalue weighted by Gasteiger charge is -2.12. The monoisotopic (exact) mass is 244 g/mol. The molecule has 0 bridgehead atoms. The number of hydrogen-bond acceptors (Lipinski definition) is 2. The summed E-state index contributed by atoms with van der Waals surface area (Å²) in [6, 6.07) is 11.2. The molecule has 0 aromatic heterocycles. The van der Waals surface area contributed by atoms with Gasteiger partial charge in [-0.05, 0) is 42.7 Å². The van der Waals surface area contributed by atoms with Crippen LogP contribution in [0.15, 0.2) is 36.4 Å². The molecule has 18 heavy (non-hydrogen) atoms. The van der Waals surface area contributed by atoms with Crippen LogP contribution < -0.4 is 11.1 Å². The molecule has 0 aliphatic rings. The van der Waals surface area contributed by atoms with Crippen molar-refractivity contribution in [3.8, 4) is 0 Å². The van der Waals surface area contributed by atoms with Crippen molar-refractivity contribution in [3.05, 3.63) is 58.9 Å². The Morgan fingerprint density at radius 3 is 2.56 bits per heavy atom. The van der Waals surface area contributed by atoms with Crippen LogP contribution in [0, 0.1) is 19.7 Å². The van der Waals surface area contributed by atoms with E-state index in [9.17, 15) is 4.39 Å². The molecule has 0 aliphatic heterocycles. The second kappa shape index (κ2) is 5.08. The molecule has 0 saturated heterocycles. The lowest BCUT2D eigenvalue weighted by molar-refractivity contribution is 0.619. The summed E-state index contributed by atoms with van der Waals surface area (Å²) in [5.41, 5.74) is 10.0. The van der Waals surface area contributed by atoms with E-state index in [4.69, 9.17) is 5.73 Å². The van der Waals surface area contributed by atoms with Gasteiger partial charge in [0.05, 0.1) is 11.4 Å². The molecule has 0 aliphatic carbocycles. The fraction of sp³-hybridized carbons (Fsp3) is 0.200. The van der Waals surface area contributed by atoms with Crippen molar-refractivity contribution >= 4 is 11.4 Å². The minimum Gasteiger partial charge on any atom is -0.397 e. The van der Waals surface area contributed by atoms with Gasteiger partial charge in [0.2, 0.25) is 0 Å². The van der Waals surface area contributed by atoms with Crippen LogP contribution >= 0.6 is 0 Å². The van der Waals surface area contributed by atoms with Crippen molar-refractivity contribution in [1.29, 1.82) is 0 Å². The third kappa shape index (κ3) is 2.62. The molecule has 0 unspecified atom stereocenters. The smallest absolute Gasteiger partial charge is 0.128 e. The average Bonchev–Trinajstić information content (AvgIpc) is 2.34. The number of halogens is 1. The van der Waals surface area contributed by atoms with Gasteiger partial charge in [-0.25, -0.2) is 4.39 Å². The normalized spacial score (nSPS) is 10.4. The first kappa shape index (κ1) is 12.4. The Balaban J connectivity index is 2.16. The van der Waals surface area contributed by atoms with Crippen molar-refractivity contribution in [2.75, 3.05) is 11.1 Å². The highest BCUT2D eigenvalue weighted by atomic mass is 19.1.